The van der Waals surface area contributed by atoms with Crippen molar-refractivity contribution < 1.29 is 24.2 Å². The lowest BCUT2D eigenvalue weighted by molar-refractivity contribution is -0.118. The molecule has 2 heterocycles. The molecule has 0 spiro atoms. The van der Waals surface area contributed by atoms with E-state index >= 15 is 0 Å². The summed E-state index contributed by atoms with van der Waals surface area (Å²) in [6, 6.07) is 11.6. The molecule has 0 aliphatic carbocycles. The molecule has 0 fully saturated rings. The Balaban J connectivity index is 1.22. The van der Waals surface area contributed by atoms with Crippen LogP contribution in [0.1, 0.15) is 59.2 Å². The molecule has 2 aromatic carbocycles. The molecular weight excluding hydrogens is 432 g/mol. The molecule has 7 heteroatoms. The maximum atomic E-state index is 12.8. The monoisotopic (exact) mass is 464 g/mol. The Morgan fingerprint density at radius 3 is 2.59 bits per heavy atom. The Bertz CT molecular complexity index is 1080. The van der Waals surface area contributed by atoms with Gasteiger partial charge in [-0.1, -0.05) is 18.6 Å². The fourth-order valence-corrected chi connectivity index (χ4v) is 4.92. The number of anilines is 1. The fraction of sp³-hybridized carbons (Fsp3) is 0.444. The van der Waals surface area contributed by atoms with Gasteiger partial charge >= 0.3 is 6.09 Å². The molecule has 0 bridgehead atoms. The van der Waals surface area contributed by atoms with Gasteiger partial charge in [-0.15, -0.1) is 0 Å². The molecule has 2 amide bonds. The zero-order chi connectivity index (χ0) is 24.1. The number of rotatable bonds is 11. The Labute approximate surface area is 200 Å². The van der Waals surface area contributed by atoms with Crippen molar-refractivity contribution in [3.05, 3.63) is 58.7 Å². The average Bonchev–Trinajstić information content (AvgIpc) is 3.28. The SMILES string of the molecule is COc1cccc(CCN(CCCCCC(=O)c2cc3c4c(c2)CCN4C(=O)CC3)C(=O)O)c1. The maximum absolute atomic E-state index is 12.8. The molecule has 0 radical (unpaired) electrons. The van der Waals surface area contributed by atoms with Crippen LogP contribution in [0.4, 0.5) is 10.5 Å². The number of unbranched alkanes of at least 4 members (excludes halogenated alkanes) is 2. The van der Waals surface area contributed by atoms with Crippen molar-refractivity contribution in [1.82, 2.24) is 4.90 Å². The fourth-order valence-electron chi connectivity index (χ4n) is 4.92. The van der Waals surface area contributed by atoms with Gasteiger partial charge < -0.3 is 19.6 Å². The summed E-state index contributed by atoms with van der Waals surface area (Å²) in [6.45, 7) is 1.61. The molecule has 7 nitrogen and oxygen atoms in total. The second kappa shape index (κ2) is 10.7. The minimum atomic E-state index is -0.918. The first kappa shape index (κ1) is 23.8. The number of amides is 2. The van der Waals surface area contributed by atoms with Crippen molar-refractivity contribution in [2.24, 2.45) is 0 Å². The highest BCUT2D eigenvalue weighted by Gasteiger charge is 2.31. The van der Waals surface area contributed by atoms with Crippen LogP contribution in [-0.4, -0.2) is 54.5 Å². The number of carboxylic acid groups (broad SMARTS) is 1. The number of hydrogen-bond acceptors (Lipinski definition) is 4. The predicted molar refractivity (Wildman–Crippen MR) is 130 cm³/mol. The van der Waals surface area contributed by atoms with Crippen LogP contribution in [0.5, 0.6) is 5.75 Å². The summed E-state index contributed by atoms with van der Waals surface area (Å²) in [7, 11) is 1.61. The number of ketones is 1. The van der Waals surface area contributed by atoms with Gasteiger partial charge in [0.15, 0.2) is 5.78 Å². The second-order valence-electron chi connectivity index (χ2n) is 9.04. The van der Waals surface area contributed by atoms with Crippen LogP contribution in [0.25, 0.3) is 0 Å². The lowest BCUT2D eigenvalue weighted by atomic mass is 9.94. The second-order valence-corrected chi connectivity index (χ2v) is 9.04. The van der Waals surface area contributed by atoms with E-state index in [2.05, 4.69) is 0 Å². The smallest absolute Gasteiger partial charge is 0.407 e. The first-order chi connectivity index (χ1) is 16.5. The van der Waals surface area contributed by atoms with Crippen molar-refractivity contribution in [3.63, 3.8) is 0 Å². The van der Waals surface area contributed by atoms with Gasteiger partial charge in [-0.2, -0.15) is 0 Å². The van der Waals surface area contributed by atoms with Crippen LogP contribution >= 0.6 is 0 Å². The number of aryl methyl sites for hydroxylation is 1. The van der Waals surface area contributed by atoms with E-state index in [-0.39, 0.29) is 11.7 Å². The molecule has 2 aliphatic rings. The largest absolute Gasteiger partial charge is 0.497 e. The topological polar surface area (TPSA) is 87.2 Å². The van der Waals surface area contributed by atoms with Gasteiger partial charge in [0.2, 0.25) is 5.91 Å². The summed E-state index contributed by atoms with van der Waals surface area (Å²) < 4.78 is 5.23. The number of ether oxygens (including phenoxy) is 1. The van der Waals surface area contributed by atoms with E-state index in [1.165, 1.54) is 4.90 Å². The van der Waals surface area contributed by atoms with Gasteiger partial charge in [-0.05, 0) is 73.1 Å². The van der Waals surface area contributed by atoms with Gasteiger partial charge in [-0.3, -0.25) is 9.59 Å². The van der Waals surface area contributed by atoms with Crippen LogP contribution in [0.2, 0.25) is 0 Å². The number of carbonyl (C=O) groups excluding carboxylic acids is 2. The Morgan fingerprint density at radius 2 is 1.82 bits per heavy atom. The minimum Gasteiger partial charge on any atom is -0.497 e. The molecule has 0 saturated carbocycles. The zero-order valence-electron chi connectivity index (χ0n) is 19.7. The van der Waals surface area contributed by atoms with E-state index in [4.69, 9.17) is 4.74 Å². The van der Waals surface area contributed by atoms with Gasteiger partial charge in [0.25, 0.3) is 0 Å². The molecule has 0 saturated heterocycles. The summed E-state index contributed by atoms with van der Waals surface area (Å²) in [5.41, 5.74) is 5.05. The maximum Gasteiger partial charge on any atom is 0.407 e. The zero-order valence-corrected chi connectivity index (χ0v) is 19.7. The Morgan fingerprint density at radius 1 is 1.03 bits per heavy atom. The Kier molecular flexibility index (Phi) is 7.50. The number of methoxy groups -OCH3 is 1. The summed E-state index contributed by atoms with van der Waals surface area (Å²) in [5, 5.41) is 9.53. The quantitative estimate of drug-likeness (QED) is 0.391. The molecule has 0 atom stereocenters. The third kappa shape index (κ3) is 5.41. The normalized spacial score (nSPS) is 14.1. The molecule has 34 heavy (non-hydrogen) atoms. The van der Waals surface area contributed by atoms with Gasteiger partial charge in [0.05, 0.1) is 12.8 Å². The van der Waals surface area contributed by atoms with Gasteiger partial charge in [0, 0.05) is 38.0 Å². The van der Waals surface area contributed by atoms with E-state index in [9.17, 15) is 19.5 Å². The summed E-state index contributed by atoms with van der Waals surface area (Å²) in [4.78, 5) is 39.8. The Hall–Kier alpha value is -3.35. The van der Waals surface area contributed by atoms with E-state index < -0.39 is 6.09 Å². The van der Waals surface area contributed by atoms with E-state index in [0.29, 0.717) is 38.8 Å². The van der Waals surface area contributed by atoms with Crippen molar-refractivity contribution in [2.45, 2.75) is 51.4 Å². The molecule has 4 rings (SSSR count). The summed E-state index contributed by atoms with van der Waals surface area (Å²) >= 11 is 0. The molecule has 0 aromatic heterocycles. The molecule has 180 valence electrons. The molecule has 2 aliphatic heterocycles. The van der Waals surface area contributed by atoms with Crippen molar-refractivity contribution in [3.8, 4) is 5.75 Å². The van der Waals surface area contributed by atoms with Gasteiger partial charge in [-0.25, -0.2) is 4.79 Å². The van der Waals surface area contributed by atoms with Crippen LogP contribution in [0, 0.1) is 0 Å². The standard InChI is InChI=1S/C27H32N2O5/c1-34-23-7-5-6-19(16-23)11-14-28(27(32)33)13-4-2-3-8-24(30)22-17-20-9-10-25(31)29-15-12-21(18-22)26(20)29/h5-7,16-18H,2-4,8-15H2,1H3,(H,32,33). The van der Waals surface area contributed by atoms with Crippen molar-refractivity contribution in [2.75, 3.05) is 31.6 Å². The molecule has 0 unspecified atom stereocenters. The molecule has 2 aromatic rings. The summed E-state index contributed by atoms with van der Waals surface area (Å²) in [6.07, 6.45) is 4.47. The highest BCUT2D eigenvalue weighted by atomic mass is 16.5. The third-order valence-corrected chi connectivity index (χ3v) is 6.78. The van der Waals surface area contributed by atoms with Crippen LogP contribution < -0.4 is 9.64 Å². The highest BCUT2D eigenvalue weighted by Crippen LogP contribution is 2.37. The van der Waals surface area contributed by atoms with E-state index in [0.717, 1.165) is 65.9 Å². The van der Waals surface area contributed by atoms with Crippen molar-refractivity contribution >= 4 is 23.5 Å². The first-order valence-corrected chi connectivity index (χ1v) is 12.1. The van der Waals surface area contributed by atoms with E-state index in [1.807, 2.05) is 41.3 Å². The number of carbonyl (C=O) groups is 3. The third-order valence-electron chi connectivity index (χ3n) is 6.78. The number of benzene rings is 2. The molecule has 1 N–H and O–H groups in total. The first-order valence-electron chi connectivity index (χ1n) is 12.1. The molecular formula is C27H32N2O5. The van der Waals surface area contributed by atoms with Crippen LogP contribution in [0.3, 0.4) is 0 Å². The van der Waals surface area contributed by atoms with Crippen LogP contribution in [-0.2, 0) is 24.1 Å². The lowest BCUT2D eigenvalue weighted by Gasteiger charge is -2.25. The predicted octanol–water partition coefficient (Wildman–Crippen LogP) is 4.50. The minimum absolute atomic E-state index is 0.127. The number of Topliss-reactive ketones (excluding diaryl/α,β-unsaturated/α-hetero) is 1. The van der Waals surface area contributed by atoms with Crippen LogP contribution in [0.15, 0.2) is 36.4 Å². The van der Waals surface area contributed by atoms with Gasteiger partial charge in [0.1, 0.15) is 5.75 Å². The lowest BCUT2D eigenvalue weighted by Crippen LogP contribution is -2.32. The average molecular weight is 465 g/mol. The number of hydrogen-bond donors (Lipinski definition) is 1. The highest BCUT2D eigenvalue weighted by molar-refractivity contribution is 6.02. The van der Waals surface area contributed by atoms with Crippen molar-refractivity contribution in [1.29, 1.82) is 0 Å². The van der Waals surface area contributed by atoms with E-state index in [1.54, 1.807) is 7.11 Å². The summed E-state index contributed by atoms with van der Waals surface area (Å²) in [5.74, 6) is 1.08. The number of nitrogens with zero attached hydrogens (tertiary/aromatic N) is 2.